The second kappa shape index (κ2) is 11.2. The molecule has 0 radical (unpaired) electrons. The largest absolute Gasteiger partial charge is 0.497 e. The van der Waals surface area contributed by atoms with Gasteiger partial charge in [-0.15, -0.1) is 0 Å². The molecule has 34 heavy (non-hydrogen) atoms. The van der Waals surface area contributed by atoms with Gasteiger partial charge in [-0.25, -0.2) is 4.79 Å². The lowest BCUT2D eigenvalue weighted by molar-refractivity contribution is -0.112. The highest BCUT2D eigenvalue weighted by atomic mass is 79.9. The van der Waals surface area contributed by atoms with Crippen molar-refractivity contribution < 1.29 is 23.8 Å². The molecule has 3 rings (SSSR count). The maximum Gasteiger partial charge on any atom is 0.343 e. The van der Waals surface area contributed by atoms with Crippen LogP contribution < -0.4 is 19.5 Å². The number of aryl methyl sites for hydroxylation is 1. The van der Waals surface area contributed by atoms with Gasteiger partial charge in [0.25, 0.3) is 5.91 Å². The van der Waals surface area contributed by atoms with Crippen LogP contribution in [0.5, 0.6) is 17.2 Å². The number of carbonyl (C=O) groups is 2. The molecule has 1 amide bonds. The van der Waals surface area contributed by atoms with Crippen molar-refractivity contribution in [3.63, 3.8) is 0 Å². The fourth-order valence-corrected chi connectivity index (χ4v) is 3.49. The SMILES string of the molecule is COc1ccc(C(=O)Oc2c(Br)cc(/C=C(\C#N)C(=O)Nc3ccc(C)cc3)cc2OC)cc1. The summed E-state index contributed by atoms with van der Waals surface area (Å²) in [6, 6.07) is 18.8. The number of anilines is 1. The molecule has 172 valence electrons. The van der Waals surface area contributed by atoms with Gasteiger partial charge in [0.05, 0.1) is 24.3 Å². The Labute approximate surface area is 205 Å². The number of ether oxygens (including phenoxy) is 3. The first-order valence-corrected chi connectivity index (χ1v) is 10.9. The molecule has 0 spiro atoms. The number of nitrogens with zero attached hydrogens (tertiary/aromatic N) is 1. The summed E-state index contributed by atoms with van der Waals surface area (Å²) in [7, 11) is 2.96. The van der Waals surface area contributed by atoms with Crippen LogP contribution in [0.1, 0.15) is 21.5 Å². The Morgan fingerprint density at radius 3 is 2.26 bits per heavy atom. The molecule has 0 heterocycles. The number of nitriles is 1. The van der Waals surface area contributed by atoms with Crippen molar-refractivity contribution >= 4 is 39.6 Å². The molecule has 0 saturated carbocycles. The molecule has 0 aliphatic carbocycles. The Morgan fingerprint density at radius 2 is 1.68 bits per heavy atom. The van der Waals surface area contributed by atoms with Crippen molar-refractivity contribution in [2.45, 2.75) is 6.92 Å². The predicted octanol–water partition coefficient (Wildman–Crippen LogP) is 5.54. The van der Waals surface area contributed by atoms with Crippen LogP contribution in [0.2, 0.25) is 0 Å². The standard InChI is InChI=1S/C26H21BrN2O5/c1-16-4-8-20(9-5-16)29-25(30)19(15-28)12-17-13-22(27)24(23(14-17)33-3)34-26(31)18-6-10-21(32-2)11-7-18/h4-14H,1-3H3,(H,29,30)/b19-12+. The van der Waals surface area contributed by atoms with Gasteiger partial charge in [-0.05, 0) is 83.0 Å². The summed E-state index contributed by atoms with van der Waals surface area (Å²) in [6.07, 6.45) is 1.42. The summed E-state index contributed by atoms with van der Waals surface area (Å²) in [5, 5.41) is 12.2. The average molecular weight is 521 g/mol. The summed E-state index contributed by atoms with van der Waals surface area (Å²) >= 11 is 3.38. The molecule has 3 aromatic rings. The first-order valence-electron chi connectivity index (χ1n) is 10.1. The molecule has 0 fully saturated rings. The Kier molecular flexibility index (Phi) is 8.06. The van der Waals surface area contributed by atoms with E-state index in [9.17, 15) is 14.9 Å². The number of halogens is 1. The lowest BCUT2D eigenvalue weighted by atomic mass is 10.1. The molecule has 7 nitrogen and oxygen atoms in total. The number of nitrogens with one attached hydrogen (secondary N) is 1. The minimum absolute atomic E-state index is 0.0995. The second-order valence-corrected chi connectivity index (χ2v) is 8.00. The molecular weight excluding hydrogens is 500 g/mol. The van der Waals surface area contributed by atoms with Crippen molar-refractivity contribution in [2.75, 3.05) is 19.5 Å². The van der Waals surface area contributed by atoms with Gasteiger partial charge in [-0.3, -0.25) is 4.79 Å². The summed E-state index contributed by atoms with van der Waals surface area (Å²) in [4.78, 5) is 25.1. The highest BCUT2D eigenvalue weighted by molar-refractivity contribution is 9.10. The fourth-order valence-electron chi connectivity index (χ4n) is 2.95. The Morgan fingerprint density at radius 1 is 1.00 bits per heavy atom. The summed E-state index contributed by atoms with van der Waals surface area (Å²) in [6.45, 7) is 1.94. The number of benzene rings is 3. The van der Waals surface area contributed by atoms with E-state index in [2.05, 4.69) is 21.2 Å². The molecule has 0 bridgehead atoms. The molecule has 3 aromatic carbocycles. The summed E-state index contributed by atoms with van der Waals surface area (Å²) in [5.74, 6) is -0.0930. The molecular formula is C26H21BrN2O5. The Balaban J connectivity index is 1.83. The monoisotopic (exact) mass is 520 g/mol. The van der Waals surface area contributed by atoms with E-state index in [1.807, 2.05) is 25.1 Å². The van der Waals surface area contributed by atoms with E-state index in [-0.39, 0.29) is 17.1 Å². The number of hydrogen-bond donors (Lipinski definition) is 1. The van der Waals surface area contributed by atoms with Gasteiger partial charge in [0, 0.05) is 5.69 Å². The third kappa shape index (κ3) is 6.03. The zero-order chi connectivity index (χ0) is 24.7. The van der Waals surface area contributed by atoms with Crippen molar-refractivity contribution in [3.05, 3.63) is 87.4 Å². The predicted molar refractivity (Wildman–Crippen MR) is 132 cm³/mol. The first kappa shape index (κ1) is 24.6. The molecule has 1 N–H and O–H groups in total. The number of amides is 1. The minimum atomic E-state index is -0.583. The second-order valence-electron chi connectivity index (χ2n) is 7.14. The maximum atomic E-state index is 12.6. The Hall–Kier alpha value is -4.09. The third-order valence-corrected chi connectivity index (χ3v) is 5.35. The van der Waals surface area contributed by atoms with E-state index in [4.69, 9.17) is 14.2 Å². The molecule has 8 heteroatoms. The van der Waals surface area contributed by atoms with Crippen LogP contribution in [0.25, 0.3) is 6.08 Å². The van der Waals surface area contributed by atoms with E-state index in [1.54, 1.807) is 48.5 Å². The maximum absolute atomic E-state index is 12.6. The van der Waals surface area contributed by atoms with Crippen LogP contribution in [0.4, 0.5) is 5.69 Å². The highest BCUT2D eigenvalue weighted by Crippen LogP contribution is 2.38. The number of hydrogen-bond acceptors (Lipinski definition) is 6. The summed E-state index contributed by atoms with van der Waals surface area (Å²) < 4.78 is 16.4. The van der Waals surface area contributed by atoms with Crippen LogP contribution >= 0.6 is 15.9 Å². The van der Waals surface area contributed by atoms with Gasteiger partial charge in [-0.1, -0.05) is 17.7 Å². The van der Waals surface area contributed by atoms with Crippen LogP contribution in [-0.2, 0) is 4.79 Å². The molecule has 0 aliphatic heterocycles. The van der Waals surface area contributed by atoms with Gasteiger partial charge in [0.1, 0.15) is 17.4 Å². The third-order valence-electron chi connectivity index (χ3n) is 4.76. The number of methoxy groups -OCH3 is 2. The van der Waals surface area contributed by atoms with Gasteiger partial charge in [0.2, 0.25) is 0 Å². The molecule has 0 aliphatic rings. The number of esters is 1. The van der Waals surface area contributed by atoms with Crippen molar-refractivity contribution in [2.24, 2.45) is 0 Å². The quantitative estimate of drug-likeness (QED) is 0.190. The van der Waals surface area contributed by atoms with Gasteiger partial charge >= 0.3 is 5.97 Å². The van der Waals surface area contributed by atoms with Crippen molar-refractivity contribution in [1.82, 2.24) is 0 Å². The van der Waals surface area contributed by atoms with Gasteiger partial charge < -0.3 is 19.5 Å². The van der Waals surface area contributed by atoms with Crippen molar-refractivity contribution in [3.8, 4) is 23.3 Å². The van der Waals surface area contributed by atoms with E-state index >= 15 is 0 Å². The number of rotatable bonds is 7. The smallest absolute Gasteiger partial charge is 0.343 e. The van der Waals surface area contributed by atoms with E-state index in [1.165, 1.54) is 20.3 Å². The average Bonchev–Trinajstić information content (AvgIpc) is 2.85. The lowest BCUT2D eigenvalue weighted by Gasteiger charge is -2.13. The van der Waals surface area contributed by atoms with Gasteiger partial charge in [-0.2, -0.15) is 5.26 Å². The lowest BCUT2D eigenvalue weighted by Crippen LogP contribution is -2.13. The topological polar surface area (TPSA) is 97.7 Å². The first-order chi connectivity index (χ1) is 16.3. The van der Waals surface area contributed by atoms with Crippen molar-refractivity contribution in [1.29, 1.82) is 5.26 Å². The fraction of sp³-hybridized carbons (Fsp3) is 0.115. The number of carbonyl (C=O) groups excluding carboxylic acids is 2. The van der Waals surface area contributed by atoms with E-state index in [0.29, 0.717) is 27.0 Å². The van der Waals surface area contributed by atoms with E-state index < -0.39 is 11.9 Å². The molecule has 0 unspecified atom stereocenters. The Bertz CT molecular complexity index is 1280. The van der Waals surface area contributed by atoms with E-state index in [0.717, 1.165) is 5.56 Å². The molecule has 0 atom stereocenters. The zero-order valence-electron chi connectivity index (χ0n) is 18.7. The van der Waals surface area contributed by atoms with Crippen LogP contribution in [0.15, 0.2) is 70.7 Å². The molecule has 0 aromatic heterocycles. The summed E-state index contributed by atoms with van der Waals surface area (Å²) in [5.41, 5.74) is 2.37. The van der Waals surface area contributed by atoms with Crippen LogP contribution in [0.3, 0.4) is 0 Å². The van der Waals surface area contributed by atoms with Gasteiger partial charge in [0.15, 0.2) is 11.5 Å². The zero-order valence-corrected chi connectivity index (χ0v) is 20.3. The van der Waals surface area contributed by atoms with Crippen LogP contribution in [-0.4, -0.2) is 26.1 Å². The highest BCUT2D eigenvalue weighted by Gasteiger charge is 2.18. The molecule has 0 saturated heterocycles. The minimum Gasteiger partial charge on any atom is -0.497 e. The van der Waals surface area contributed by atoms with Crippen LogP contribution in [0, 0.1) is 18.3 Å². The normalized spacial score (nSPS) is 10.7.